The summed E-state index contributed by atoms with van der Waals surface area (Å²) in [6.07, 6.45) is 1.63. The molecule has 0 aliphatic carbocycles. The van der Waals surface area contributed by atoms with Gasteiger partial charge in [0.15, 0.2) is 0 Å². The van der Waals surface area contributed by atoms with Crippen LogP contribution in [0.25, 0.3) is 0 Å². The molecule has 0 atom stereocenters. The molecule has 0 radical (unpaired) electrons. The number of carbonyl (C=O) groups excluding carboxylic acids is 1. The van der Waals surface area contributed by atoms with Crippen molar-refractivity contribution in [1.82, 2.24) is 19.8 Å². The number of nitrogens with one attached hydrogen (secondary N) is 1. The van der Waals surface area contributed by atoms with E-state index >= 15 is 0 Å². The summed E-state index contributed by atoms with van der Waals surface area (Å²) >= 11 is 0. The summed E-state index contributed by atoms with van der Waals surface area (Å²) in [5, 5.41) is 3.16. The lowest BCUT2D eigenvalue weighted by atomic mass is 10.2. The number of benzene rings is 1. The Hall–Kier alpha value is -2.87. The van der Waals surface area contributed by atoms with E-state index in [-0.39, 0.29) is 5.91 Å². The number of hydrogen-bond donors (Lipinski definition) is 1. The molecule has 0 spiro atoms. The molecule has 0 unspecified atom stereocenters. The van der Waals surface area contributed by atoms with Gasteiger partial charge in [0.25, 0.3) is 5.91 Å². The van der Waals surface area contributed by atoms with Crippen molar-refractivity contribution < 1.29 is 9.53 Å². The predicted octanol–water partition coefficient (Wildman–Crippen LogP) is 1.42. The molecule has 1 aromatic heterocycles. The molecular weight excluding hydrogens is 356 g/mol. The minimum atomic E-state index is -0.0487. The van der Waals surface area contributed by atoms with Crippen LogP contribution in [0.1, 0.15) is 10.5 Å². The van der Waals surface area contributed by atoms with E-state index in [9.17, 15) is 4.79 Å². The maximum absolute atomic E-state index is 12.8. The second-order valence-electron chi connectivity index (χ2n) is 6.97. The maximum atomic E-state index is 12.8. The Balaban J connectivity index is 1.55. The van der Waals surface area contributed by atoms with Crippen LogP contribution in [0.2, 0.25) is 0 Å². The summed E-state index contributed by atoms with van der Waals surface area (Å²) in [5.74, 6) is 1.29. The molecular formula is C20H28N6O2. The van der Waals surface area contributed by atoms with E-state index < -0.39 is 0 Å². The minimum Gasteiger partial charge on any atom is -0.497 e. The lowest BCUT2D eigenvalue weighted by molar-refractivity contribution is 0.0741. The minimum absolute atomic E-state index is 0.0487. The second kappa shape index (κ2) is 9.36. The average molecular weight is 384 g/mol. The van der Waals surface area contributed by atoms with E-state index in [1.54, 1.807) is 19.4 Å². The summed E-state index contributed by atoms with van der Waals surface area (Å²) in [7, 11) is 5.68. The van der Waals surface area contributed by atoms with Gasteiger partial charge >= 0.3 is 0 Å². The number of nitrogens with zero attached hydrogens (tertiary/aromatic N) is 5. The summed E-state index contributed by atoms with van der Waals surface area (Å²) in [6.45, 7) is 4.50. The number of rotatable bonds is 7. The molecule has 1 saturated heterocycles. The van der Waals surface area contributed by atoms with Gasteiger partial charge in [-0.15, -0.1) is 0 Å². The largest absolute Gasteiger partial charge is 0.497 e. The van der Waals surface area contributed by atoms with Gasteiger partial charge in [0.1, 0.15) is 11.4 Å². The van der Waals surface area contributed by atoms with E-state index in [2.05, 4.69) is 25.1 Å². The first-order valence-corrected chi connectivity index (χ1v) is 9.47. The van der Waals surface area contributed by atoms with Crippen molar-refractivity contribution in [2.45, 2.75) is 0 Å². The Bertz CT molecular complexity index is 773. The monoisotopic (exact) mass is 384 g/mol. The number of methoxy groups -OCH3 is 1. The molecule has 2 heterocycles. The number of carbonyl (C=O) groups is 1. The normalized spacial score (nSPS) is 14.3. The van der Waals surface area contributed by atoms with Gasteiger partial charge in [-0.05, 0) is 44.4 Å². The molecule has 150 valence electrons. The van der Waals surface area contributed by atoms with Crippen LogP contribution in [0.4, 0.5) is 11.6 Å². The van der Waals surface area contributed by atoms with E-state index in [1.165, 1.54) is 0 Å². The van der Waals surface area contributed by atoms with Crippen LogP contribution in [0.3, 0.4) is 0 Å². The Labute approximate surface area is 166 Å². The van der Waals surface area contributed by atoms with E-state index in [1.807, 2.05) is 43.3 Å². The number of hydrogen-bond acceptors (Lipinski definition) is 7. The fourth-order valence-corrected chi connectivity index (χ4v) is 3.08. The summed E-state index contributed by atoms with van der Waals surface area (Å²) in [6, 6.07) is 9.69. The number of ether oxygens (including phenoxy) is 1. The third-order valence-electron chi connectivity index (χ3n) is 4.72. The van der Waals surface area contributed by atoms with Crippen LogP contribution >= 0.6 is 0 Å². The molecule has 1 aliphatic rings. The lowest BCUT2D eigenvalue weighted by Gasteiger charge is -2.36. The fourth-order valence-electron chi connectivity index (χ4n) is 3.08. The van der Waals surface area contributed by atoms with Crippen molar-refractivity contribution in [2.75, 3.05) is 70.7 Å². The highest BCUT2D eigenvalue weighted by molar-refractivity contribution is 5.92. The second-order valence-corrected chi connectivity index (χ2v) is 6.97. The van der Waals surface area contributed by atoms with Crippen LogP contribution in [-0.4, -0.2) is 86.1 Å². The van der Waals surface area contributed by atoms with Crippen LogP contribution in [0, 0.1) is 0 Å². The number of likely N-dealkylation sites (N-methyl/N-ethyl adjacent to an activating group) is 1. The molecule has 1 fully saturated rings. The van der Waals surface area contributed by atoms with Gasteiger partial charge in [-0.2, -0.15) is 0 Å². The van der Waals surface area contributed by atoms with E-state index in [0.29, 0.717) is 24.7 Å². The Kier molecular flexibility index (Phi) is 6.65. The zero-order chi connectivity index (χ0) is 19.9. The predicted molar refractivity (Wildman–Crippen MR) is 110 cm³/mol. The fraction of sp³-hybridized carbons (Fsp3) is 0.450. The molecule has 1 aromatic carbocycles. The molecule has 1 amide bonds. The van der Waals surface area contributed by atoms with Gasteiger partial charge in [-0.25, -0.2) is 9.97 Å². The van der Waals surface area contributed by atoms with Gasteiger partial charge in [-0.1, -0.05) is 0 Å². The molecule has 1 N–H and O–H groups in total. The molecule has 2 aromatic rings. The van der Waals surface area contributed by atoms with Crippen LogP contribution in [0.15, 0.2) is 36.5 Å². The third kappa shape index (κ3) is 5.10. The van der Waals surface area contributed by atoms with Gasteiger partial charge in [-0.3, -0.25) is 4.79 Å². The van der Waals surface area contributed by atoms with Crippen LogP contribution in [-0.2, 0) is 0 Å². The van der Waals surface area contributed by atoms with Gasteiger partial charge < -0.3 is 24.8 Å². The molecule has 0 saturated carbocycles. The summed E-state index contributed by atoms with van der Waals surface area (Å²) < 4.78 is 5.21. The number of piperazine rings is 1. The van der Waals surface area contributed by atoms with Crippen LogP contribution in [0.5, 0.6) is 5.75 Å². The quantitative estimate of drug-likeness (QED) is 0.774. The van der Waals surface area contributed by atoms with Crippen molar-refractivity contribution in [2.24, 2.45) is 0 Å². The Morgan fingerprint density at radius 3 is 2.50 bits per heavy atom. The molecule has 3 rings (SSSR count). The van der Waals surface area contributed by atoms with Gasteiger partial charge in [0.05, 0.1) is 7.11 Å². The van der Waals surface area contributed by atoms with E-state index in [0.717, 1.165) is 37.6 Å². The highest BCUT2D eigenvalue weighted by Crippen LogP contribution is 2.21. The third-order valence-corrected chi connectivity index (χ3v) is 4.72. The molecule has 0 bridgehead atoms. The Morgan fingerprint density at radius 2 is 1.86 bits per heavy atom. The van der Waals surface area contributed by atoms with Crippen LogP contribution < -0.4 is 15.0 Å². The molecule has 1 aliphatic heterocycles. The highest BCUT2D eigenvalue weighted by atomic mass is 16.5. The molecule has 8 heteroatoms. The SMILES string of the molecule is COc1ccc(N2CCN(C(=O)c3ccnc(NCCN(C)C)n3)CC2)cc1. The van der Waals surface area contributed by atoms with E-state index in [4.69, 9.17) is 4.74 Å². The molecule has 8 nitrogen and oxygen atoms in total. The Morgan fingerprint density at radius 1 is 1.14 bits per heavy atom. The first kappa shape index (κ1) is 19.9. The van der Waals surface area contributed by atoms with Crippen molar-refractivity contribution in [1.29, 1.82) is 0 Å². The summed E-state index contributed by atoms with van der Waals surface area (Å²) in [5.41, 5.74) is 1.57. The first-order valence-electron chi connectivity index (χ1n) is 9.47. The average Bonchev–Trinajstić information content (AvgIpc) is 2.73. The number of aromatic nitrogens is 2. The standard InChI is InChI=1S/C20H28N6O2/c1-24(2)11-10-22-20-21-9-8-18(23-20)19(27)26-14-12-25(13-15-26)16-4-6-17(28-3)7-5-16/h4-9H,10-15H2,1-3H3,(H,21,22,23). The van der Waals surface area contributed by atoms with Crippen molar-refractivity contribution in [3.63, 3.8) is 0 Å². The number of anilines is 2. The zero-order valence-corrected chi connectivity index (χ0v) is 16.8. The first-order chi connectivity index (χ1) is 13.6. The summed E-state index contributed by atoms with van der Waals surface area (Å²) in [4.78, 5) is 27.6. The highest BCUT2D eigenvalue weighted by Gasteiger charge is 2.23. The van der Waals surface area contributed by atoms with Gasteiger partial charge in [0.2, 0.25) is 5.95 Å². The zero-order valence-electron chi connectivity index (χ0n) is 16.8. The maximum Gasteiger partial charge on any atom is 0.272 e. The lowest BCUT2D eigenvalue weighted by Crippen LogP contribution is -2.49. The van der Waals surface area contributed by atoms with Crippen molar-refractivity contribution in [3.05, 3.63) is 42.2 Å². The smallest absolute Gasteiger partial charge is 0.272 e. The number of amides is 1. The topological polar surface area (TPSA) is 73.8 Å². The molecule has 28 heavy (non-hydrogen) atoms. The van der Waals surface area contributed by atoms with Gasteiger partial charge in [0, 0.05) is 51.2 Å². The van der Waals surface area contributed by atoms with Crippen molar-refractivity contribution >= 4 is 17.5 Å². The van der Waals surface area contributed by atoms with Crippen molar-refractivity contribution in [3.8, 4) is 5.75 Å².